The predicted molar refractivity (Wildman–Crippen MR) is 128 cm³/mol. The van der Waals surface area contributed by atoms with Gasteiger partial charge in [0.2, 0.25) is 0 Å². The summed E-state index contributed by atoms with van der Waals surface area (Å²) in [5, 5.41) is 6.37. The number of sulfone groups is 1. The molecular formula is C21H27FIN3O3S. The highest BCUT2D eigenvalue weighted by atomic mass is 127. The Labute approximate surface area is 194 Å². The highest BCUT2D eigenvalue weighted by Gasteiger charge is 2.28. The molecule has 1 aliphatic rings. The molecular weight excluding hydrogens is 520 g/mol. The summed E-state index contributed by atoms with van der Waals surface area (Å²) in [5.74, 6) is 1.95. The Bertz CT molecular complexity index is 981. The van der Waals surface area contributed by atoms with Gasteiger partial charge in [0.25, 0.3) is 0 Å². The normalized spacial score (nSPS) is 17.8. The molecule has 0 bridgehead atoms. The third kappa shape index (κ3) is 7.12. The van der Waals surface area contributed by atoms with E-state index >= 15 is 0 Å². The van der Waals surface area contributed by atoms with Crippen molar-refractivity contribution in [2.45, 2.75) is 32.9 Å². The van der Waals surface area contributed by atoms with Gasteiger partial charge < -0.3 is 15.4 Å². The average molecular weight is 547 g/mol. The van der Waals surface area contributed by atoms with E-state index in [-0.39, 0.29) is 47.3 Å². The monoisotopic (exact) mass is 547 g/mol. The van der Waals surface area contributed by atoms with E-state index in [2.05, 4.69) is 15.6 Å². The van der Waals surface area contributed by atoms with Crippen LogP contribution in [-0.4, -0.2) is 38.5 Å². The molecule has 2 aromatic rings. The summed E-state index contributed by atoms with van der Waals surface area (Å²) in [6.45, 7) is 5.05. The van der Waals surface area contributed by atoms with Crippen molar-refractivity contribution >= 4 is 39.8 Å². The van der Waals surface area contributed by atoms with Crippen LogP contribution < -0.4 is 15.4 Å². The first-order valence-corrected chi connectivity index (χ1v) is 11.4. The quantitative estimate of drug-likeness (QED) is 0.327. The molecule has 1 fully saturated rings. The van der Waals surface area contributed by atoms with Gasteiger partial charge in [0.05, 0.1) is 18.1 Å². The highest BCUT2D eigenvalue weighted by Crippen LogP contribution is 2.26. The molecule has 0 aliphatic carbocycles. The lowest BCUT2D eigenvalue weighted by Crippen LogP contribution is -2.44. The van der Waals surface area contributed by atoms with Crippen LogP contribution in [0.2, 0.25) is 0 Å². The molecule has 3 rings (SSSR count). The minimum Gasteiger partial charge on any atom is -0.457 e. The Kier molecular flexibility index (Phi) is 8.90. The zero-order valence-electron chi connectivity index (χ0n) is 17.0. The van der Waals surface area contributed by atoms with Gasteiger partial charge in [-0.1, -0.05) is 12.1 Å². The lowest BCUT2D eigenvalue weighted by molar-refractivity contribution is 0.476. The Hall–Kier alpha value is -1.88. The van der Waals surface area contributed by atoms with Gasteiger partial charge in [-0.25, -0.2) is 17.8 Å². The lowest BCUT2D eigenvalue weighted by Gasteiger charge is -2.16. The largest absolute Gasteiger partial charge is 0.457 e. The molecule has 1 aliphatic heterocycles. The Morgan fingerprint density at radius 3 is 2.57 bits per heavy atom. The van der Waals surface area contributed by atoms with Gasteiger partial charge in [0.1, 0.15) is 17.3 Å². The number of aliphatic imine (C=N–C) groups is 1. The summed E-state index contributed by atoms with van der Waals surface area (Å²) < 4.78 is 42.1. The second-order valence-corrected chi connectivity index (χ2v) is 9.32. The molecule has 0 radical (unpaired) electrons. The van der Waals surface area contributed by atoms with E-state index in [0.29, 0.717) is 37.0 Å². The van der Waals surface area contributed by atoms with Crippen LogP contribution in [-0.2, 0) is 16.4 Å². The molecule has 1 saturated heterocycles. The molecule has 0 saturated carbocycles. The SMILES string of the molecule is CCNC(=NCc1ccc(Oc2ccc(F)cc2)c(C)c1)NC1CCS(=O)(=O)C1.I. The van der Waals surface area contributed by atoms with Gasteiger partial charge in [-0.3, -0.25) is 0 Å². The molecule has 30 heavy (non-hydrogen) atoms. The van der Waals surface area contributed by atoms with Crippen molar-refractivity contribution in [3.63, 3.8) is 0 Å². The Morgan fingerprint density at radius 2 is 1.97 bits per heavy atom. The number of nitrogens with one attached hydrogen (secondary N) is 2. The number of nitrogens with zero attached hydrogens (tertiary/aromatic N) is 1. The number of rotatable bonds is 6. The van der Waals surface area contributed by atoms with E-state index in [1.807, 2.05) is 32.0 Å². The van der Waals surface area contributed by atoms with Gasteiger partial charge in [-0.15, -0.1) is 24.0 Å². The van der Waals surface area contributed by atoms with E-state index in [0.717, 1.165) is 11.1 Å². The fourth-order valence-corrected chi connectivity index (χ4v) is 4.82. The van der Waals surface area contributed by atoms with E-state index < -0.39 is 9.84 Å². The number of benzene rings is 2. The van der Waals surface area contributed by atoms with Gasteiger partial charge in [0.15, 0.2) is 15.8 Å². The van der Waals surface area contributed by atoms with Crippen molar-refractivity contribution in [1.82, 2.24) is 10.6 Å². The van der Waals surface area contributed by atoms with Crippen LogP contribution in [0.15, 0.2) is 47.5 Å². The first-order valence-electron chi connectivity index (χ1n) is 9.63. The number of aryl methyl sites for hydroxylation is 1. The second-order valence-electron chi connectivity index (χ2n) is 7.10. The lowest BCUT2D eigenvalue weighted by atomic mass is 10.1. The molecule has 0 aromatic heterocycles. The average Bonchev–Trinajstić information content (AvgIpc) is 3.02. The zero-order valence-corrected chi connectivity index (χ0v) is 20.2. The second kappa shape index (κ2) is 10.9. The van der Waals surface area contributed by atoms with Crippen LogP contribution in [0, 0.1) is 12.7 Å². The van der Waals surface area contributed by atoms with Crippen molar-refractivity contribution < 1.29 is 17.5 Å². The minimum atomic E-state index is -2.94. The number of hydrogen-bond donors (Lipinski definition) is 2. The van der Waals surface area contributed by atoms with Crippen LogP contribution in [0.1, 0.15) is 24.5 Å². The van der Waals surface area contributed by atoms with Crippen LogP contribution in [0.25, 0.3) is 0 Å². The predicted octanol–water partition coefficient (Wildman–Crippen LogP) is 3.79. The van der Waals surface area contributed by atoms with E-state index in [1.165, 1.54) is 12.1 Å². The molecule has 6 nitrogen and oxygen atoms in total. The van der Waals surface area contributed by atoms with Gasteiger partial charge in [-0.05, 0) is 61.7 Å². The maximum absolute atomic E-state index is 13.0. The standard InChI is InChI=1S/C21H26FN3O3S.HI/c1-3-23-21(25-18-10-11-29(26,27)14-18)24-13-16-4-9-20(15(2)12-16)28-19-7-5-17(22)6-8-19;/h4-9,12,18H,3,10-11,13-14H2,1-2H3,(H2,23,24,25);1H. The number of ether oxygens (including phenoxy) is 1. The molecule has 164 valence electrons. The molecule has 9 heteroatoms. The maximum atomic E-state index is 13.0. The van der Waals surface area contributed by atoms with Crippen molar-refractivity contribution in [2.75, 3.05) is 18.1 Å². The fourth-order valence-electron chi connectivity index (χ4n) is 3.15. The number of halogens is 2. The van der Waals surface area contributed by atoms with Gasteiger partial charge in [-0.2, -0.15) is 0 Å². The first kappa shape index (κ1) is 24.4. The minimum absolute atomic E-state index is 0. The van der Waals surface area contributed by atoms with Crippen LogP contribution in [0.5, 0.6) is 11.5 Å². The fraction of sp³-hybridized carbons (Fsp3) is 0.381. The van der Waals surface area contributed by atoms with Crippen molar-refractivity contribution in [1.29, 1.82) is 0 Å². The molecule has 1 unspecified atom stereocenters. The maximum Gasteiger partial charge on any atom is 0.191 e. The summed E-state index contributed by atoms with van der Waals surface area (Å²) >= 11 is 0. The van der Waals surface area contributed by atoms with Crippen molar-refractivity contribution in [2.24, 2.45) is 4.99 Å². The summed E-state index contributed by atoms with van der Waals surface area (Å²) in [6, 6.07) is 11.6. The topological polar surface area (TPSA) is 79.8 Å². The molecule has 2 N–H and O–H groups in total. The molecule has 2 aromatic carbocycles. The molecule has 1 atom stereocenters. The van der Waals surface area contributed by atoms with Crippen molar-refractivity contribution in [3.8, 4) is 11.5 Å². The third-order valence-electron chi connectivity index (χ3n) is 4.62. The Morgan fingerprint density at radius 1 is 1.23 bits per heavy atom. The summed E-state index contributed by atoms with van der Waals surface area (Å²) in [7, 11) is -2.94. The summed E-state index contributed by atoms with van der Waals surface area (Å²) in [4.78, 5) is 4.58. The first-order chi connectivity index (χ1) is 13.8. The summed E-state index contributed by atoms with van der Waals surface area (Å²) in [5.41, 5.74) is 1.95. The van der Waals surface area contributed by atoms with Crippen LogP contribution in [0.3, 0.4) is 0 Å². The van der Waals surface area contributed by atoms with Gasteiger partial charge in [0, 0.05) is 12.6 Å². The molecule has 1 heterocycles. The van der Waals surface area contributed by atoms with E-state index in [1.54, 1.807) is 12.1 Å². The summed E-state index contributed by atoms with van der Waals surface area (Å²) in [6.07, 6.45) is 0.598. The number of guanidine groups is 1. The third-order valence-corrected chi connectivity index (χ3v) is 6.39. The molecule has 0 spiro atoms. The van der Waals surface area contributed by atoms with E-state index in [4.69, 9.17) is 4.74 Å². The van der Waals surface area contributed by atoms with Crippen LogP contribution in [0.4, 0.5) is 4.39 Å². The van der Waals surface area contributed by atoms with E-state index in [9.17, 15) is 12.8 Å². The smallest absolute Gasteiger partial charge is 0.191 e. The molecule has 0 amide bonds. The van der Waals surface area contributed by atoms with Gasteiger partial charge >= 0.3 is 0 Å². The number of hydrogen-bond acceptors (Lipinski definition) is 4. The highest BCUT2D eigenvalue weighted by molar-refractivity contribution is 14.0. The van der Waals surface area contributed by atoms with Crippen molar-refractivity contribution in [3.05, 3.63) is 59.4 Å². The zero-order chi connectivity index (χ0) is 20.9. The van der Waals surface area contributed by atoms with Crippen LogP contribution >= 0.6 is 24.0 Å². The Balaban J connectivity index is 0.00000320.